The number of benzene rings is 2. The van der Waals surface area contributed by atoms with Crippen LogP contribution in [0.15, 0.2) is 77.9 Å². The van der Waals surface area contributed by atoms with Crippen LogP contribution in [0.25, 0.3) is 0 Å². The van der Waals surface area contributed by atoms with Crippen molar-refractivity contribution in [3.05, 3.63) is 78.6 Å². The van der Waals surface area contributed by atoms with Crippen LogP contribution in [0, 0.1) is 0 Å². The van der Waals surface area contributed by atoms with Gasteiger partial charge in [0.1, 0.15) is 17.3 Å². The van der Waals surface area contributed by atoms with Crippen LogP contribution in [0.5, 0.6) is 5.75 Å². The van der Waals surface area contributed by atoms with Gasteiger partial charge < -0.3 is 20.6 Å². The van der Waals surface area contributed by atoms with Gasteiger partial charge in [0.25, 0.3) is 0 Å². The summed E-state index contributed by atoms with van der Waals surface area (Å²) in [6, 6.07) is 21.1. The first-order valence-corrected chi connectivity index (χ1v) is 10.7. The summed E-state index contributed by atoms with van der Waals surface area (Å²) in [5.41, 5.74) is 9.86. The first kappa shape index (κ1) is 22.2. The fourth-order valence-corrected chi connectivity index (χ4v) is 3.33. The smallest absolute Gasteiger partial charge is 0.150 e. The number of phenolic OH excluding ortho intramolecular Hbond substituents is 1. The van der Waals surface area contributed by atoms with Crippen molar-refractivity contribution in [2.45, 2.75) is 20.3 Å². The standard InChI is InChI=1S/C22H23N5O.C3H8/c23-22(21-3-1-2-12-24-21)25-17-4-6-18(7-5-17)26-13-15-27(16-14-26)19-8-10-20(28)11-9-19;1-3-2/h1-12,28H,13-16H2,(H2,23,25);3H2,1-2H3. The molecular formula is C25H31N5O. The van der Waals surface area contributed by atoms with Crippen LogP contribution >= 0.6 is 0 Å². The fourth-order valence-electron chi connectivity index (χ4n) is 3.33. The van der Waals surface area contributed by atoms with E-state index in [1.54, 1.807) is 18.3 Å². The number of nitrogens with zero attached hydrogens (tertiary/aromatic N) is 4. The van der Waals surface area contributed by atoms with Crippen LogP contribution in [-0.2, 0) is 0 Å². The fraction of sp³-hybridized carbons (Fsp3) is 0.280. The first-order chi connectivity index (χ1) is 15.1. The van der Waals surface area contributed by atoms with Crippen molar-refractivity contribution < 1.29 is 5.11 Å². The Labute approximate surface area is 184 Å². The summed E-state index contributed by atoms with van der Waals surface area (Å²) in [4.78, 5) is 13.4. The van der Waals surface area contributed by atoms with Gasteiger partial charge in [-0.2, -0.15) is 0 Å². The molecule has 3 aromatic rings. The number of phenols is 1. The molecule has 6 heteroatoms. The molecule has 31 heavy (non-hydrogen) atoms. The molecule has 3 N–H and O–H groups in total. The number of hydrogen-bond donors (Lipinski definition) is 2. The highest BCUT2D eigenvalue weighted by Crippen LogP contribution is 2.24. The minimum absolute atomic E-state index is 0.300. The molecule has 0 amide bonds. The molecule has 0 spiro atoms. The lowest BCUT2D eigenvalue weighted by atomic mass is 10.2. The van der Waals surface area contributed by atoms with Gasteiger partial charge in [0, 0.05) is 43.8 Å². The number of amidine groups is 1. The SMILES string of the molecule is CCC.NC(=Nc1ccc(N2CCN(c3ccc(O)cc3)CC2)cc1)c1ccccn1. The Morgan fingerprint density at radius 1 is 0.871 bits per heavy atom. The molecule has 1 aromatic heterocycles. The van der Waals surface area contributed by atoms with E-state index >= 15 is 0 Å². The van der Waals surface area contributed by atoms with E-state index in [4.69, 9.17) is 5.73 Å². The van der Waals surface area contributed by atoms with E-state index in [2.05, 4.69) is 45.8 Å². The minimum atomic E-state index is 0.300. The summed E-state index contributed by atoms with van der Waals surface area (Å²) in [6.45, 7) is 8.02. The van der Waals surface area contributed by atoms with Gasteiger partial charge in [0.2, 0.25) is 0 Å². The van der Waals surface area contributed by atoms with Gasteiger partial charge in [0.05, 0.1) is 5.69 Å². The third-order valence-electron chi connectivity index (χ3n) is 4.89. The summed E-state index contributed by atoms with van der Waals surface area (Å²) in [5.74, 6) is 0.713. The Hall–Kier alpha value is -3.54. The minimum Gasteiger partial charge on any atom is -0.508 e. The predicted molar refractivity (Wildman–Crippen MR) is 130 cm³/mol. The van der Waals surface area contributed by atoms with Crippen LogP contribution in [-0.4, -0.2) is 42.1 Å². The maximum atomic E-state index is 9.44. The first-order valence-electron chi connectivity index (χ1n) is 10.7. The summed E-state index contributed by atoms with van der Waals surface area (Å²) >= 11 is 0. The monoisotopic (exact) mass is 417 g/mol. The lowest BCUT2D eigenvalue weighted by Crippen LogP contribution is -2.46. The summed E-state index contributed by atoms with van der Waals surface area (Å²) in [7, 11) is 0. The Morgan fingerprint density at radius 2 is 1.39 bits per heavy atom. The lowest BCUT2D eigenvalue weighted by molar-refractivity contribution is 0.475. The Morgan fingerprint density at radius 3 is 1.87 bits per heavy atom. The molecule has 0 unspecified atom stereocenters. The topological polar surface area (TPSA) is 78.0 Å². The number of aliphatic imine (C=N–C) groups is 1. The van der Waals surface area contributed by atoms with Gasteiger partial charge in [-0.3, -0.25) is 4.98 Å². The molecule has 0 aliphatic carbocycles. The van der Waals surface area contributed by atoms with Crippen molar-refractivity contribution in [3.63, 3.8) is 0 Å². The van der Waals surface area contributed by atoms with Crippen molar-refractivity contribution in [1.29, 1.82) is 0 Å². The van der Waals surface area contributed by atoms with Crippen LogP contribution < -0.4 is 15.5 Å². The zero-order valence-electron chi connectivity index (χ0n) is 18.3. The van der Waals surface area contributed by atoms with Gasteiger partial charge in [0.15, 0.2) is 0 Å². The predicted octanol–water partition coefficient (Wildman–Crippen LogP) is 4.57. The number of aromatic hydroxyl groups is 1. The maximum absolute atomic E-state index is 9.44. The Kier molecular flexibility index (Phi) is 7.87. The average molecular weight is 418 g/mol. The molecule has 162 valence electrons. The van der Waals surface area contributed by atoms with Crippen LogP contribution in [0.4, 0.5) is 17.1 Å². The molecule has 0 radical (unpaired) electrons. The summed E-state index contributed by atoms with van der Waals surface area (Å²) < 4.78 is 0. The second-order valence-corrected chi connectivity index (χ2v) is 7.43. The second-order valence-electron chi connectivity index (χ2n) is 7.43. The zero-order valence-corrected chi connectivity index (χ0v) is 18.3. The molecule has 0 bridgehead atoms. The van der Waals surface area contributed by atoms with E-state index in [-0.39, 0.29) is 0 Å². The molecule has 6 nitrogen and oxygen atoms in total. The van der Waals surface area contributed by atoms with Gasteiger partial charge in [-0.1, -0.05) is 26.3 Å². The van der Waals surface area contributed by atoms with Crippen molar-refractivity contribution in [3.8, 4) is 5.75 Å². The van der Waals surface area contributed by atoms with Gasteiger partial charge >= 0.3 is 0 Å². The van der Waals surface area contributed by atoms with Crippen molar-refractivity contribution in [2.75, 3.05) is 36.0 Å². The van der Waals surface area contributed by atoms with E-state index in [9.17, 15) is 5.11 Å². The number of piperazine rings is 1. The molecule has 1 fully saturated rings. The van der Waals surface area contributed by atoms with Crippen LogP contribution in [0.2, 0.25) is 0 Å². The van der Waals surface area contributed by atoms with Crippen molar-refractivity contribution >= 4 is 22.9 Å². The number of nitrogens with two attached hydrogens (primary N) is 1. The molecule has 1 aliphatic rings. The van der Waals surface area contributed by atoms with Crippen molar-refractivity contribution in [2.24, 2.45) is 10.7 Å². The highest BCUT2D eigenvalue weighted by atomic mass is 16.3. The largest absolute Gasteiger partial charge is 0.508 e. The van der Waals surface area contributed by atoms with Gasteiger partial charge in [-0.05, 0) is 60.7 Å². The third-order valence-corrected chi connectivity index (χ3v) is 4.89. The maximum Gasteiger partial charge on any atom is 0.150 e. The lowest BCUT2D eigenvalue weighted by Gasteiger charge is -2.37. The third kappa shape index (κ3) is 6.22. The number of aromatic nitrogens is 1. The second kappa shape index (κ2) is 11.0. The Bertz CT molecular complexity index is 947. The molecule has 2 aromatic carbocycles. The normalized spacial score (nSPS) is 14.1. The highest BCUT2D eigenvalue weighted by molar-refractivity contribution is 5.97. The van der Waals surface area contributed by atoms with Crippen LogP contribution in [0.1, 0.15) is 26.0 Å². The van der Waals surface area contributed by atoms with Gasteiger partial charge in [-0.25, -0.2) is 4.99 Å². The summed E-state index contributed by atoms with van der Waals surface area (Å²) in [5, 5.41) is 9.44. The Balaban J connectivity index is 0.000000858. The number of anilines is 2. The molecule has 1 saturated heterocycles. The quantitative estimate of drug-likeness (QED) is 0.480. The molecule has 4 rings (SSSR count). The van der Waals surface area contributed by atoms with Crippen molar-refractivity contribution in [1.82, 2.24) is 4.98 Å². The number of rotatable bonds is 4. The van der Waals surface area contributed by atoms with E-state index in [1.165, 1.54) is 12.1 Å². The summed E-state index contributed by atoms with van der Waals surface area (Å²) in [6.07, 6.45) is 2.96. The average Bonchev–Trinajstić information content (AvgIpc) is 2.81. The highest BCUT2D eigenvalue weighted by Gasteiger charge is 2.17. The zero-order chi connectivity index (χ0) is 22.1. The van der Waals surface area contributed by atoms with E-state index < -0.39 is 0 Å². The molecule has 2 heterocycles. The van der Waals surface area contributed by atoms with E-state index in [0.717, 1.165) is 37.6 Å². The molecular weight excluding hydrogens is 386 g/mol. The number of hydrogen-bond acceptors (Lipinski definition) is 5. The number of pyridine rings is 1. The van der Waals surface area contributed by atoms with Gasteiger partial charge in [-0.15, -0.1) is 0 Å². The van der Waals surface area contributed by atoms with E-state index in [0.29, 0.717) is 17.3 Å². The molecule has 1 aliphatic heterocycles. The molecule has 0 saturated carbocycles. The molecule has 0 atom stereocenters. The van der Waals surface area contributed by atoms with E-state index in [1.807, 2.05) is 42.5 Å². The van der Waals surface area contributed by atoms with Crippen LogP contribution in [0.3, 0.4) is 0 Å².